The van der Waals surface area contributed by atoms with Crippen LogP contribution in [0.3, 0.4) is 0 Å². The molecule has 1 aliphatic rings. The lowest BCUT2D eigenvalue weighted by molar-refractivity contribution is -0.159. The van der Waals surface area contributed by atoms with Crippen molar-refractivity contribution in [2.45, 2.75) is 30.4 Å². The molecule has 1 heterocycles. The fourth-order valence-corrected chi connectivity index (χ4v) is 5.39. The molecule has 0 saturated heterocycles. The number of ketones is 1. The summed E-state index contributed by atoms with van der Waals surface area (Å²) >= 11 is 12.4. The smallest absolute Gasteiger partial charge is 0.380 e. The van der Waals surface area contributed by atoms with Gasteiger partial charge in [0.1, 0.15) is 6.10 Å². The van der Waals surface area contributed by atoms with Crippen molar-refractivity contribution in [3.63, 3.8) is 0 Å². The molecular weight excluding hydrogens is 506 g/mol. The highest BCUT2D eigenvalue weighted by Gasteiger charge is 2.60. The van der Waals surface area contributed by atoms with Crippen molar-refractivity contribution in [2.75, 3.05) is 0 Å². The predicted octanol–water partition coefficient (Wildman–Crippen LogP) is 7.52. The van der Waals surface area contributed by atoms with Crippen LogP contribution in [0.1, 0.15) is 45.1 Å². The average Bonchev–Trinajstić information content (AvgIpc) is 3.25. The number of benzene rings is 3. The zero-order valence-electron chi connectivity index (χ0n) is 17.7. The second-order valence-electron chi connectivity index (χ2n) is 8.00. The lowest BCUT2D eigenvalue weighted by Gasteiger charge is -2.30. The maximum absolute atomic E-state index is 14.3. The molecule has 0 amide bonds. The Morgan fingerprint density at radius 1 is 1.06 bits per heavy atom. The van der Waals surface area contributed by atoms with Gasteiger partial charge in [0.15, 0.2) is 10.5 Å². The van der Waals surface area contributed by atoms with E-state index in [0.29, 0.717) is 28.6 Å². The van der Waals surface area contributed by atoms with Crippen molar-refractivity contribution in [3.05, 3.63) is 105 Å². The normalized spacial score (nSPS) is 19.1. The van der Waals surface area contributed by atoms with Gasteiger partial charge in [-0.3, -0.25) is 4.79 Å². The molecule has 1 N–H and O–H groups in total. The molecule has 0 spiro atoms. The molecule has 3 nitrogen and oxygen atoms in total. The third kappa shape index (κ3) is 4.62. The summed E-state index contributed by atoms with van der Waals surface area (Å²) in [6.45, 7) is 1.67. The molecule has 0 fully saturated rings. The predicted molar refractivity (Wildman–Crippen MR) is 130 cm³/mol. The van der Waals surface area contributed by atoms with Crippen LogP contribution in [-0.4, -0.2) is 22.8 Å². The van der Waals surface area contributed by atoms with Crippen LogP contribution in [0, 0.1) is 6.92 Å². The number of alkyl halides is 3. The molecule has 4 rings (SSSR count). The van der Waals surface area contributed by atoms with Crippen molar-refractivity contribution < 1.29 is 23.1 Å². The van der Waals surface area contributed by atoms with Gasteiger partial charge in [-0.25, -0.2) is 4.40 Å². The van der Waals surface area contributed by atoms with E-state index < -0.39 is 29.2 Å². The number of carbonyl (C=O) groups is 1. The third-order valence-electron chi connectivity index (χ3n) is 5.70. The molecule has 0 aromatic heterocycles. The van der Waals surface area contributed by atoms with Crippen LogP contribution in [0.4, 0.5) is 13.2 Å². The summed E-state index contributed by atoms with van der Waals surface area (Å²) in [5, 5.41) is 10.7. The fourth-order valence-electron chi connectivity index (χ4n) is 3.90. The topological polar surface area (TPSA) is 49.7 Å². The molecular formula is C25H18Cl2F3NO2S. The first-order valence-corrected chi connectivity index (χ1v) is 11.7. The number of nitrogens with zero attached hydrogens (tertiary/aromatic N) is 1. The molecule has 2 atom stereocenters. The van der Waals surface area contributed by atoms with Crippen molar-refractivity contribution in [3.8, 4) is 0 Å². The largest absolute Gasteiger partial charge is 0.409 e. The number of carbonyl (C=O) groups excluding carboxylic acids is 1. The first-order chi connectivity index (χ1) is 16.0. The Morgan fingerprint density at radius 2 is 1.71 bits per heavy atom. The number of hydrogen-bond donors (Lipinski definition) is 1. The average molecular weight is 524 g/mol. The first-order valence-electron chi connectivity index (χ1n) is 10.2. The number of halogens is 5. The molecule has 3 aromatic rings. The number of aliphatic hydroxyl groups is 1. The zero-order valence-corrected chi connectivity index (χ0v) is 20.1. The molecule has 0 saturated carbocycles. The van der Waals surface area contributed by atoms with Crippen LogP contribution in [0.25, 0.3) is 0 Å². The van der Waals surface area contributed by atoms with Crippen molar-refractivity contribution in [1.29, 1.82) is 0 Å². The van der Waals surface area contributed by atoms with Gasteiger partial charge in [-0.15, -0.1) is 0 Å². The molecule has 176 valence electrons. The molecule has 1 aliphatic heterocycles. The molecule has 34 heavy (non-hydrogen) atoms. The van der Waals surface area contributed by atoms with Gasteiger partial charge in [-0.2, -0.15) is 13.2 Å². The fraction of sp³-hybridized carbons (Fsp3) is 0.200. The highest BCUT2D eigenvalue weighted by molar-refractivity contribution is 7.99. The van der Waals surface area contributed by atoms with E-state index in [-0.39, 0.29) is 26.9 Å². The van der Waals surface area contributed by atoms with E-state index >= 15 is 0 Å². The molecule has 2 unspecified atom stereocenters. The van der Waals surface area contributed by atoms with Gasteiger partial charge in [-0.1, -0.05) is 65.7 Å². The molecule has 0 aliphatic carbocycles. The van der Waals surface area contributed by atoms with Crippen LogP contribution in [-0.2, 0) is 4.75 Å². The van der Waals surface area contributed by atoms with Gasteiger partial charge < -0.3 is 5.11 Å². The Balaban J connectivity index is 1.63. The second-order valence-corrected chi connectivity index (χ2v) is 9.93. The highest BCUT2D eigenvalue weighted by Crippen LogP contribution is 2.57. The Labute approximate surface area is 208 Å². The maximum atomic E-state index is 14.3. The summed E-state index contributed by atoms with van der Waals surface area (Å²) in [5.74, 6) is -0.490. The van der Waals surface area contributed by atoms with Gasteiger partial charge >= 0.3 is 6.18 Å². The quantitative estimate of drug-likeness (QED) is 0.278. The lowest BCUT2D eigenvalue weighted by atomic mass is 9.88. The van der Waals surface area contributed by atoms with Crippen molar-refractivity contribution in [2.24, 2.45) is 4.40 Å². The van der Waals surface area contributed by atoms with Gasteiger partial charge in [0, 0.05) is 22.0 Å². The Hall–Kier alpha value is -2.32. The Bertz CT molecular complexity index is 1260. The zero-order chi connectivity index (χ0) is 24.7. The minimum Gasteiger partial charge on any atom is -0.380 e. The standard InChI is InChI=1S/C25H18Cl2F3NO2S/c1-14-9-16(7-8-20(14)23(33)22(32)15-5-3-2-4-6-15)21-13-24(34-31-21,25(28,29)30)17-10-18(26)12-19(27)11-17/h2-12,22,32H,13H2,1H3. The monoisotopic (exact) mass is 523 g/mol. The highest BCUT2D eigenvalue weighted by atomic mass is 35.5. The van der Waals surface area contributed by atoms with Crippen LogP contribution in [0.5, 0.6) is 0 Å². The third-order valence-corrected chi connectivity index (χ3v) is 7.37. The summed E-state index contributed by atoms with van der Waals surface area (Å²) in [6.07, 6.45) is -6.38. The van der Waals surface area contributed by atoms with E-state index in [0.717, 1.165) is 0 Å². The molecule has 0 radical (unpaired) electrons. The Morgan fingerprint density at radius 3 is 2.29 bits per heavy atom. The van der Waals surface area contributed by atoms with Crippen molar-refractivity contribution in [1.82, 2.24) is 0 Å². The lowest BCUT2D eigenvalue weighted by Crippen LogP contribution is -2.38. The van der Waals surface area contributed by atoms with E-state index in [1.807, 2.05) is 0 Å². The van der Waals surface area contributed by atoms with Crippen LogP contribution < -0.4 is 0 Å². The number of aliphatic hydroxyl groups excluding tert-OH is 1. The minimum absolute atomic E-state index is 0.0734. The first kappa shape index (κ1) is 24.8. The van der Waals surface area contributed by atoms with E-state index in [4.69, 9.17) is 23.2 Å². The van der Waals surface area contributed by atoms with Gasteiger partial charge in [0.2, 0.25) is 0 Å². The van der Waals surface area contributed by atoms with Gasteiger partial charge in [0.25, 0.3) is 0 Å². The number of rotatable bonds is 5. The number of hydrogen-bond acceptors (Lipinski definition) is 4. The molecule has 0 bridgehead atoms. The number of aryl methyl sites for hydroxylation is 1. The molecule has 3 aromatic carbocycles. The van der Waals surface area contributed by atoms with E-state index in [2.05, 4.69) is 4.40 Å². The van der Waals surface area contributed by atoms with Crippen LogP contribution in [0.15, 0.2) is 71.1 Å². The molecule has 9 heteroatoms. The van der Waals surface area contributed by atoms with Gasteiger partial charge in [0.05, 0.1) is 5.71 Å². The van der Waals surface area contributed by atoms with E-state index in [1.54, 1.807) is 49.4 Å². The van der Waals surface area contributed by atoms with Crippen LogP contribution >= 0.6 is 35.1 Å². The summed E-state index contributed by atoms with van der Waals surface area (Å²) < 4.78 is 44.7. The summed E-state index contributed by atoms with van der Waals surface area (Å²) in [6, 6.07) is 17.1. The second kappa shape index (κ2) is 9.38. The number of Topliss-reactive ketones (excluding diaryl/α,β-unsaturated/α-hetero) is 1. The van der Waals surface area contributed by atoms with Crippen LogP contribution in [0.2, 0.25) is 10.0 Å². The SMILES string of the molecule is Cc1cc(C2=NSC(c3cc(Cl)cc(Cl)c3)(C(F)(F)F)C2)ccc1C(=O)C(O)c1ccccc1. The Kier molecular flexibility index (Phi) is 6.84. The van der Waals surface area contributed by atoms with Gasteiger partial charge in [-0.05, 0) is 65.4 Å². The van der Waals surface area contributed by atoms with Crippen molar-refractivity contribution >= 4 is 46.6 Å². The summed E-state index contributed by atoms with van der Waals surface area (Å²) in [5.41, 5.74) is 1.91. The van der Waals surface area contributed by atoms with E-state index in [9.17, 15) is 23.1 Å². The maximum Gasteiger partial charge on any atom is 0.409 e. The summed E-state index contributed by atoms with van der Waals surface area (Å²) in [4.78, 5) is 12.8. The minimum atomic E-state index is -4.62. The summed E-state index contributed by atoms with van der Waals surface area (Å²) in [7, 11) is 0. The van der Waals surface area contributed by atoms with E-state index in [1.165, 1.54) is 24.3 Å².